The Morgan fingerprint density at radius 3 is 2.71 bits per heavy atom. The fourth-order valence-electron chi connectivity index (χ4n) is 2.38. The molecular weight excluding hydrogens is 373 g/mol. The molecule has 108 valence electrons. The number of fused-ring (bicyclic) bond motifs is 1. The monoisotopic (exact) mass is 391 g/mol. The molecule has 0 aliphatic carbocycles. The van der Waals surface area contributed by atoms with Crippen LogP contribution in [0, 0.1) is 11.3 Å². The Hall–Kier alpha value is -1.54. The molecule has 0 N–H and O–H groups in total. The molecule has 0 aliphatic rings. The summed E-state index contributed by atoms with van der Waals surface area (Å²) in [7, 11) is 0. The first-order chi connectivity index (χ1) is 10.3. The third-order valence-electron chi connectivity index (χ3n) is 3.40. The molecule has 0 radical (unpaired) electrons. The van der Waals surface area contributed by atoms with Gasteiger partial charge in [0.1, 0.15) is 0 Å². The standard InChI is InChI=1S/C18H18INO/c1-2-21-18(19)16(13-20)11-6-10-15-9-5-8-14-7-3-4-12-17(14)15/h3-5,7-9,12H,2,6,10-11H2,1H3. The second kappa shape index (κ2) is 8.04. The first-order valence-corrected chi connectivity index (χ1v) is 8.22. The highest BCUT2D eigenvalue weighted by molar-refractivity contribution is 14.1. The van der Waals surface area contributed by atoms with Gasteiger partial charge in [-0.05, 0) is 42.5 Å². The average Bonchev–Trinajstić information content (AvgIpc) is 2.52. The predicted molar refractivity (Wildman–Crippen MR) is 95.2 cm³/mol. The van der Waals surface area contributed by atoms with Gasteiger partial charge in [0.15, 0.2) is 3.77 Å². The van der Waals surface area contributed by atoms with Crippen molar-refractivity contribution >= 4 is 33.4 Å². The molecule has 21 heavy (non-hydrogen) atoms. The van der Waals surface area contributed by atoms with Crippen LogP contribution in [0.4, 0.5) is 0 Å². The number of hydrogen-bond acceptors (Lipinski definition) is 2. The van der Waals surface area contributed by atoms with Crippen molar-refractivity contribution in [3.05, 3.63) is 57.4 Å². The summed E-state index contributed by atoms with van der Waals surface area (Å²) in [6.45, 7) is 2.54. The summed E-state index contributed by atoms with van der Waals surface area (Å²) in [4.78, 5) is 0. The molecule has 2 rings (SSSR count). The molecule has 0 saturated carbocycles. The van der Waals surface area contributed by atoms with E-state index < -0.39 is 0 Å². The molecular formula is C18H18INO. The molecule has 0 fully saturated rings. The van der Waals surface area contributed by atoms with E-state index >= 15 is 0 Å². The van der Waals surface area contributed by atoms with E-state index in [1.54, 1.807) is 0 Å². The second-order valence-electron chi connectivity index (χ2n) is 4.79. The molecule has 0 amide bonds. The molecule has 0 saturated heterocycles. The van der Waals surface area contributed by atoms with Gasteiger partial charge in [0, 0.05) is 22.6 Å². The van der Waals surface area contributed by atoms with Crippen LogP contribution in [-0.2, 0) is 11.2 Å². The van der Waals surface area contributed by atoms with Gasteiger partial charge in [0.2, 0.25) is 0 Å². The van der Waals surface area contributed by atoms with Crippen molar-refractivity contribution in [1.82, 2.24) is 0 Å². The molecule has 2 aromatic rings. The van der Waals surface area contributed by atoms with Crippen molar-refractivity contribution in [1.29, 1.82) is 5.26 Å². The molecule has 0 bridgehead atoms. The number of ether oxygens (including phenoxy) is 1. The Kier molecular flexibility index (Phi) is 6.06. The topological polar surface area (TPSA) is 33.0 Å². The largest absolute Gasteiger partial charge is 0.487 e. The number of hydrogen-bond donors (Lipinski definition) is 0. The summed E-state index contributed by atoms with van der Waals surface area (Å²) < 4.78 is 6.14. The van der Waals surface area contributed by atoms with Crippen LogP contribution in [0.1, 0.15) is 25.3 Å². The van der Waals surface area contributed by atoms with Crippen LogP contribution in [0.2, 0.25) is 0 Å². The molecule has 0 aliphatic heterocycles. The number of allylic oxidation sites excluding steroid dienone is 1. The minimum absolute atomic E-state index is 0.604. The van der Waals surface area contributed by atoms with Gasteiger partial charge < -0.3 is 4.74 Å². The number of benzene rings is 2. The minimum Gasteiger partial charge on any atom is -0.487 e. The van der Waals surface area contributed by atoms with E-state index in [-0.39, 0.29) is 0 Å². The Labute approximate surface area is 139 Å². The zero-order chi connectivity index (χ0) is 15.1. The highest BCUT2D eigenvalue weighted by Gasteiger charge is 2.06. The van der Waals surface area contributed by atoms with Crippen LogP contribution in [0.3, 0.4) is 0 Å². The smallest absolute Gasteiger partial charge is 0.170 e. The maximum absolute atomic E-state index is 9.20. The van der Waals surface area contributed by atoms with Gasteiger partial charge in [0.25, 0.3) is 0 Å². The third kappa shape index (κ3) is 4.21. The first kappa shape index (κ1) is 15.8. The van der Waals surface area contributed by atoms with E-state index in [2.05, 4.69) is 71.1 Å². The summed E-state index contributed by atoms with van der Waals surface area (Å²) >= 11 is 2.11. The van der Waals surface area contributed by atoms with Crippen LogP contribution in [0.5, 0.6) is 0 Å². The lowest BCUT2D eigenvalue weighted by atomic mass is 9.99. The number of rotatable bonds is 6. The summed E-state index contributed by atoms with van der Waals surface area (Å²) in [5.74, 6) is 0. The van der Waals surface area contributed by atoms with E-state index in [4.69, 9.17) is 4.74 Å². The summed E-state index contributed by atoms with van der Waals surface area (Å²) in [5.41, 5.74) is 2.09. The lowest BCUT2D eigenvalue weighted by molar-refractivity contribution is 0.260. The van der Waals surface area contributed by atoms with E-state index in [1.807, 2.05) is 6.92 Å². The van der Waals surface area contributed by atoms with Crippen molar-refractivity contribution in [2.75, 3.05) is 6.61 Å². The summed E-state index contributed by atoms with van der Waals surface area (Å²) in [6, 6.07) is 17.1. The van der Waals surface area contributed by atoms with Crippen LogP contribution < -0.4 is 0 Å². The Morgan fingerprint density at radius 2 is 1.95 bits per heavy atom. The fourth-order valence-corrected chi connectivity index (χ4v) is 3.08. The van der Waals surface area contributed by atoms with Crippen LogP contribution >= 0.6 is 22.6 Å². The molecule has 3 heteroatoms. The summed E-state index contributed by atoms with van der Waals surface area (Å²) in [6.07, 6.45) is 2.69. The first-order valence-electron chi connectivity index (χ1n) is 7.14. The van der Waals surface area contributed by atoms with Gasteiger partial charge in [-0.3, -0.25) is 0 Å². The lowest BCUT2D eigenvalue weighted by Gasteiger charge is -2.07. The van der Waals surface area contributed by atoms with Gasteiger partial charge in [0.05, 0.1) is 18.2 Å². The van der Waals surface area contributed by atoms with Gasteiger partial charge in [-0.25, -0.2) is 0 Å². The maximum Gasteiger partial charge on any atom is 0.170 e. The number of nitrogens with zero attached hydrogens (tertiary/aromatic N) is 1. The van der Waals surface area contributed by atoms with E-state index in [0.717, 1.165) is 28.6 Å². The van der Waals surface area contributed by atoms with E-state index in [0.29, 0.717) is 6.61 Å². The lowest BCUT2D eigenvalue weighted by Crippen LogP contribution is -1.93. The van der Waals surface area contributed by atoms with Gasteiger partial charge >= 0.3 is 0 Å². The average molecular weight is 391 g/mol. The van der Waals surface area contributed by atoms with Crippen molar-refractivity contribution in [2.24, 2.45) is 0 Å². The third-order valence-corrected chi connectivity index (χ3v) is 4.36. The second-order valence-corrected chi connectivity index (χ2v) is 5.77. The SMILES string of the molecule is CCOC(I)=C(C#N)CCCc1cccc2ccccc12. The highest BCUT2D eigenvalue weighted by Crippen LogP contribution is 2.23. The molecule has 0 heterocycles. The highest BCUT2D eigenvalue weighted by atomic mass is 127. The van der Waals surface area contributed by atoms with Crippen LogP contribution in [0.15, 0.2) is 51.8 Å². The maximum atomic E-state index is 9.20. The Bertz CT molecular complexity index is 680. The summed E-state index contributed by atoms with van der Waals surface area (Å²) in [5, 5.41) is 11.8. The van der Waals surface area contributed by atoms with E-state index in [9.17, 15) is 5.26 Å². The number of halogens is 1. The van der Waals surface area contributed by atoms with Crippen LogP contribution in [0.25, 0.3) is 10.8 Å². The zero-order valence-corrected chi connectivity index (χ0v) is 14.3. The quantitative estimate of drug-likeness (QED) is 0.377. The molecule has 0 unspecified atom stereocenters. The van der Waals surface area contributed by atoms with Crippen LogP contribution in [-0.4, -0.2) is 6.61 Å². The Balaban J connectivity index is 2.06. The van der Waals surface area contributed by atoms with Gasteiger partial charge in [-0.15, -0.1) is 0 Å². The fraction of sp³-hybridized carbons (Fsp3) is 0.278. The molecule has 2 aromatic carbocycles. The van der Waals surface area contributed by atoms with E-state index in [1.165, 1.54) is 16.3 Å². The van der Waals surface area contributed by atoms with Crippen molar-refractivity contribution in [2.45, 2.75) is 26.2 Å². The number of nitriles is 1. The molecule has 2 nitrogen and oxygen atoms in total. The zero-order valence-electron chi connectivity index (χ0n) is 12.1. The number of aryl methyl sites for hydroxylation is 1. The molecule has 0 aromatic heterocycles. The predicted octanol–water partition coefficient (Wildman–Crippen LogP) is 5.37. The van der Waals surface area contributed by atoms with Crippen molar-refractivity contribution in [3.63, 3.8) is 0 Å². The normalized spacial score (nSPS) is 11.9. The van der Waals surface area contributed by atoms with Gasteiger partial charge in [-0.2, -0.15) is 5.26 Å². The van der Waals surface area contributed by atoms with Crippen molar-refractivity contribution in [3.8, 4) is 6.07 Å². The van der Waals surface area contributed by atoms with Gasteiger partial charge in [-0.1, -0.05) is 42.5 Å². The minimum atomic E-state index is 0.604. The molecule has 0 spiro atoms. The Morgan fingerprint density at radius 1 is 1.19 bits per heavy atom. The van der Waals surface area contributed by atoms with Crippen molar-refractivity contribution < 1.29 is 4.74 Å². The molecule has 0 atom stereocenters.